The van der Waals surface area contributed by atoms with Crippen LogP contribution in [-0.4, -0.2) is 38.6 Å². The summed E-state index contributed by atoms with van der Waals surface area (Å²) in [6.07, 6.45) is -1.44. The predicted molar refractivity (Wildman–Crippen MR) is 88.6 cm³/mol. The summed E-state index contributed by atoms with van der Waals surface area (Å²) in [7, 11) is -2.17. The first-order valence-electron chi connectivity index (χ1n) is 7.35. The lowest BCUT2D eigenvalue weighted by Crippen LogP contribution is -2.53. The van der Waals surface area contributed by atoms with Gasteiger partial charge in [-0.25, -0.2) is 10.6 Å². The summed E-state index contributed by atoms with van der Waals surface area (Å²) < 4.78 is 11.2. The van der Waals surface area contributed by atoms with Crippen LogP contribution in [0.3, 0.4) is 0 Å². The van der Waals surface area contributed by atoms with Crippen molar-refractivity contribution in [2.45, 2.75) is 71.4 Å². The van der Waals surface area contributed by atoms with Crippen molar-refractivity contribution in [1.29, 1.82) is 0 Å². The number of alkyl carbamates (subject to hydrolysis) is 1. The van der Waals surface area contributed by atoms with Crippen LogP contribution in [0.5, 0.6) is 0 Å². The molecule has 0 heterocycles. The van der Waals surface area contributed by atoms with Gasteiger partial charge in [-0.1, -0.05) is 20.8 Å². The van der Waals surface area contributed by atoms with Gasteiger partial charge in [-0.05, 0) is 38.9 Å². The van der Waals surface area contributed by atoms with Gasteiger partial charge in [-0.3, -0.25) is 10.2 Å². The first-order valence-corrected chi connectivity index (χ1v) is 10.3. The minimum absolute atomic E-state index is 0.00442. The Labute approximate surface area is 134 Å². The van der Waals surface area contributed by atoms with Crippen LogP contribution in [0.2, 0.25) is 18.1 Å². The SMILES string of the molecule is CC(C)(C)OC(=O)NC[C@H](O[Si](C)(C)C(C)(C)C)C(=O)NN. The van der Waals surface area contributed by atoms with Crippen LogP contribution in [0, 0.1) is 0 Å². The fraction of sp³-hybridized carbons (Fsp3) is 0.857. The molecule has 0 unspecified atom stereocenters. The van der Waals surface area contributed by atoms with Crippen molar-refractivity contribution in [1.82, 2.24) is 10.7 Å². The van der Waals surface area contributed by atoms with Crippen LogP contribution in [0.1, 0.15) is 41.5 Å². The average Bonchev–Trinajstić information content (AvgIpc) is 2.29. The Morgan fingerprint density at radius 3 is 2.00 bits per heavy atom. The molecular formula is C14H31N3O4Si. The number of hydrogen-bond donors (Lipinski definition) is 3. The van der Waals surface area contributed by atoms with E-state index >= 15 is 0 Å². The molecule has 0 aromatic carbocycles. The molecule has 0 aliphatic heterocycles. The summed E-state index contributed by atoms with van der Waals surface area (Å²) in [5.74, 6) is 4.73. The van der Waals surface area contributed by atoms with Crippen molar-refractivity contribution < 1.29 is 18.8 Å². The van der Waals surface area contributed by atoms with E-state index in [-0.39, 0.29) is 11.6 Å². The number of carbonyl (C=O) groups excluding carboxylic acids is 2. The van der Waals surface area contributed by atoms with E-state index in [1.165, 1.54) is 0 Å². The van der Waals surface area contributed by atoms with E-state index in [2.05, 4.69) is 31.5 Å². The second-order valence-electron chi connectivity index (χ2n) is 7.76. The highest BCUT2D eigenvalue weighted by atomic mass is 28.4. The van der Waals surface area contributed by atoms with Gasteiger partial charge >= 0.3 is 6.09 Å². The lowest BCUT2D eigenvalue weighted by atomic mass is 10.2. The fourth-order valence-electron chi connectivity index (χ4n) is 1.30. The Morgan fingerprint density at radius 1 is 1.14 bits per heavy atom. The number of carbonyl (C=O) groups is 2. The highest BCUT2D eigenvalue weighted by molar-refractivity contribution is 6.74. The van der Waals surface area contributed by atoms with Crippen molar-refractivity contribution in [3.63, 3.8) is 0 Å². The number of amides is 2. The summed E-state index contributed by atoms with van der Waals surface area (Å²) in [5.41, 5.74) is 1.48. The van der Waals surface area contributed by atoms with Crippen molar-refractivity contribution in [3.8, 4) is 0 Å². The molecule has 0 aliphatic rings. The lowest BCUT2D eigenvalue weighted by molar-refractivity contribution is -0.128. The molecule has 2 amide bonds. The van der Waals surface area contributed by atoms with Crippen LogP contribution in [-0.2, 0) is 14.0 Å². The van der Waals surface area contributed by atoms with Crippen molar-refractivity contribution in [2.24, 2.45) is 5.84 Å². The van der Waals surface area contributed by atoms with Crippen LogP contribution >= 0.6 is 0 Å². The quantitative estimate of drug-likeness (QED) is 0.308. The highest BCUT2D eigenvalue weighted by Gasteiger charge is 2.40. The van der Waals surface area contributed by atoms with E-state index in [9.17, 15) is 9.59 Å². The van der Waals surface area contributed by atoms with Crippen LogP contribution in [0.4, 0.5) is 4.79 Å². The number of hydrazine groups is 1. The van der Waals surface area contributed by atoms with Gasteiger partial charge in [0.1, 0.15) is 11.7 Å². The van der Waals surface area contributed by atoms with Gasteiger partial charge in [0.2, 0.25) is 0 Å². The Balaban J connectivity index is 4.82. The molecule has 0 rings (SSSR count). The molecule has 1 atom stereocenters. The van der Waals surface area contributed by atoms with Gasteiger partial charge in [0.15, 0.2) is 8.32 Å². The topological polar surface area (TPSA) is 103 Å². The molecule has 0 saturated carbocycles. The lowest BCUT2D eigenvalue weighted by Gasteiger charge is -2.38. The second kappa shape index (κ2) is 7.43. The molecule has 0 spiro atoms. The summed E-state index contributed by atoms with van der Waals surface area (Å²) in [4.78, 5) is 23.6. The molecule has 0 saturated heterocycles. The Hall–Kier alpha value is -1.12. The zero-order valence-corrected chi connectivity index (χ0v) is 16.0. The van der Waals surface area contributed by atoms with Gasteiger partial charge in [-0.2, -0.15) is 0 Å². The van der Waals surface area contributed by atoms with Gasteiger partial charge in [0.25, 0.3) is 5.91 Å². The third-order valence-electron chi connectivity index (χ3n) is 3.51. The molecule has 7 nitrogen and oxygen atoms in total. The monoisotopic (exact) mass is 333 g/mol. The van der Waals surface area contributed by atoms with Gasteiger partial charge in [0.05, 0.1) is 6.54 Å². The molecule has 0 aromatic rings. The van der Waals surface area contributed by atoms with Crippen LogP contribution < -0.4 is 16.6 Å². The normalized spacial score (nSPS) is 14.2. The molecule has 0 fully saturated rings. The summed E-state index contributed by atoms with van der Waals surface area (Å²) in [5, 5.41) is 2.48. The summed E-state index contributed by atoms with van der Waals surface area (Å²) >= 11 is 0. The van der Waals surface area contributed by atoms with Gasteiger partial charge < -0.3 is 14.5 Å². The van der Waals surface area contributed by atoms with E-state index in [0.29, 0.717) is 0 Å². The second-order valence-corrected chi connectivity index (χ2v) is 12.5. The van der Waals surface area contributed by atoms with E-state index in [1.807, 2.05) is 13.1 Å². The number of rotatable bonds is 5. The Kier molecular flexibility index (Phi) is 7.05. The van der Waals surface area contributed by atoms with Crippen molar-refractivity contribution >= 4 is 20.3 Å². The van der Waals surface area contributed by atoms with Crippen LogP contribution in [0.25, 0.3) is 0 Å². The van der Waals surface area contributed by atoms with E-state index in [1.54, 1.807) is 20.8 Å². The Bertz CT molecular complexity index is 400. The molecule has 0 aliphatic carbocycles. The van der Waals surface area contributed by atoms with Gasteiger partial charge in [-0.15, -0.1) is 0 Å². The molecule has 130 valence electrons. The number of nitrogens with one attached hydrogen (secondary N) is 2. The molecule has 0 bridgehead atoms. The molecule has 4 N–H and O–H groups in total. The smallest absolute Gasteiger partial charge is 0.407 e. The summed E-state index contributed by atoms with van der Waals surface area (Å²) in [6, 6.07) is 0. The third-order valence-corrected chi connectivity index (χ3v) is 7.99. The zero-order valence-electron chi connectivity index (χ0n) is 15.0. The molecular weight excluding hydrogens is 302 g/mol. The number of hydrogen-bond acceptors (Lipinski definition) is 5. The maximum Gasteiger partial charge on any atom is 0.407 e. The zero-order chi connectivity index (χ0) is 17.8. The maximum atomic E-state index is 11.9. The Morgan fingerprint density at radius 2 is 1.64 bits per heavy atom. The minimum atomic E-state index is -2.17. The maximum absolute atomic E-state index is 11.9. The first-order chi connectivity index (χ1) is 9.69. The van der Waals surface area contributed by atoms with E-state index < -0.39 is 32.0 Å². The number of ether oxygens (including phenoxy) is 1. The van der Waals surface area contributed by atoms with Crippen molar-refractivity contribution in [3.05, 3.63) is 0 Å². The standard InChI is InChI=1S/C14H31N3O4Si/c1-13(2,3)20-12(19)16-9-10(11(18)17-15)21-22(7,8)14(4,5)6/h10H,9,15H2,1-8H3,(H,16,19)(H,17,18)/t10-/m0/s1. The minimum Gasteiger partial charge on any atom is -0.444 e. The average molecular weight is 334 g/mol. The van der Waals surface area contributed by atoms with Crippen LogP contribution in [0.15, 0.2) is 0 Å². The molecule has 0 radical (unpaired) electrons. The molecule has 0 aromatic heterocycles. The fourth-order valence-corrected chi connectivity index (χ4v) is 2.56. The van der Waals surface area contributed by atoms with E-state index in [4.69, 9.17) is 15.0 Å². The highest BCUT2D eigenvalue weighted by Crippen LogP contribution is 2.37. The third kappa shape index (κ3) is 7.23. The van der Waals surface area contributed by atoms with E-state index in [0.717, 1.165) is 0 Å². The largest absolute Gasteiger partial charge is 0.444 e. The predicted octanol–water partition coefficient (Wildman–Crippen LogP) is 1.89. The summed E-state index contributed by atoms with van der Waals surface area (Å²) in [6.45, 7) is 15.6. The molecule has 8 heteroatoms. The van der Waals surface area contributed by atoms with Gasteiger partial charge in [0, 0.05) is 0 Å². The number of nitrogens with two attached hydrogens (primary N) is 1. The molecule has 22 heavy (non-hydrogen) atoms. The first kappa shape index (κ1) is 20.9. The van der Waals surface area contributed by atoms with Crippen molar-refractivity contribution in [2.75, 3.05) is 6.54 Å².